The summed E-state index contributed by atoms with van der Waals surface area (Å²) in [6.45, 7) is 3.34. The molecule has 3 amide bonds. The zero-order valence-electron chi connectivity index (χ0n) is 17.6. The van der Waals surface area contributed by atoms with E-state index in [1.807, 2.05) is 0 Å². The molecule has 170 valence electrons. The molecule has 4 rings (SSSR count). The first-order chi connectivity index (χ1) is 15.4. The Morgan fingerprint density at radius 2 is 2.09 bits per heavy atom. The average Bonchev–Trinajstić information content (AvgIpc) is 3.07. The Morgan fingerprint density at radius 3 is 2.75 bits per heavy atom. The molecular formula is C20H23ClIN7O3. The molecule has 0 radical (unpaired) electrons. The van der Waals surface area contributed by atoms with Gasteiger partial charge in [-0.25, -0.2) is 19.6 Å². The van der Waals surface area contributed by atoms with Crippen LogP contribution in [0, 0.1) is 0 Å². The van der Waals surface area contributed by atoms with Gasteiger partial charge in [0, 0.05) is 43.8 Å². The standard InChI is InChI=1S/C20H23ClIN7O3/c1-12(14-5-3-8-23-17(14)21)32-20(31)26-18-16(22-27-28(18)2)15-7-6-13(11-24-15)25-19(30)29-9-4-10-29/h3,5,8,11-12H,4,6-7,9-10H2,1-2H3,(H,25,30)(H,26,31)/t12-/m1/s1. The summed E-state index contributed by atoms with van der Waals surface area (Å²) in [4.78, 5) is 35.0. The molecule has 3 aliphatic rings. The van der Waals surface area contributed by atoms with Crippen LogP contribution in [0.3, 0.4) is 0 Å². The summed E-state index contributed by atoms with van der Waals surface area (Å²) in [7, 11) is 1.78. The van der Waals surface area contributed by atoms with Crippen LogP contribution < -0.4 is 10.6 Å². The van der Waals surface area contributed by atoms with Crippen LogP contribution in [0.4, 0.5) is 9.59 Å². The van der Waals surface area contributed by atoms with Gasteiger partial charge < -0.3 is 15.0 Å². The van der Waals surface area contributed by atoms with E-state index in [1.54, 1.807) is 48.4 Å². The first-order valence-corrected chi connectivity index (χ1v) is 12.6. The fourth-order valence-corrected chi connectivity index (χ4v) is 5.65. The minimum Gasteiger partial charge on any atom is -0.441 e. The summed E-state index contributed by atoms with van der Waals surface area (Å²) in [5.74, 6) is 0.576. The molecule has 3 aliphatic heterocycles. The van der Waals surface area contributed by atoms with E-state index in [2.05, 4.69) is 23.9 Å². The SMILES string of the molecule is C[C@@H](OC(=O)NC1=C(C2=NC=C(NC(=O)N3CCC3)CC2)I=NN1C)c1cccnc1Cl. The molecule has 4 heterocycles. The number of pyridine rings is 1. The summed E-state index contributed by atoms with van der Waals surface area (Å²) in [5, 5.41) is 7.68. The fraction of sp³-hybridized carbons (Fsp3) is 0.400. The third-order valence-corrected chi connectivity index (χ3v) is 7.96. The minimum atomic E-state index is -0.695. The summed E-state index contributed by atoms with van der Waals surface area (Å²) in [5.41, 5.74) is 2.29. The molecule has 0 unspecified atom stereocenters. The van der Waals surface area contributed by atoms with Gasteiger partial charge in [-0.3, -0.25) is 10.3 Å². The Kier molecular flexibility index (Phi) is 7.04. The van der Waals surface area contributed by atoms with E-state index in [9.17, 15) is 9.59 Å². The molecule has 12 heteroatoms. The van der Waals surface area contributed by atoms with Gasteiger partial charge >= 0.3 is 12.1 Å². The Labute approximate surface area is 200 Å². The van der Waals surface area contributed by atoms with Crippen molar-refractivity contribution in [3.8, 4) is 0 Å². The van der Waals surface area contributed by atoms with Crippen molar-refractivity contribution in [2.75, 3.05) is 20.1 Å². The Morgan fingerprint density at radius 1 is 1.28 bits per heavy atom. The number of rotatable bonds is 5. The van der Waals surface area contributed by atoms with E-state index in [-0.39, 0.29) is 6.03 Å². The van der Waals surface area contributed by atoms with E-state index in [0.29, 0.717) is 29.4 Å². The zero-order chi connectivity index (χ0) is 22.7. The van der Waals surface area contributed by atoms with Gasteiger partial charge in [-0.15, -0.1) is 3.25 Å². The molecule has 1 saturated heterocycles. The largest absolute Gasteiger partial charge is 0.441 e. The van der Waals surface area contributed by atoms with Gasteiger partial charge in [-0.1, -0.05) is 17.7 Å². The van der Waals surface area contributed by atoms with Crippen molar-refractivity contribution in [3.05, 3.63) is 50.3 Å². The van der Waals surface area contributed by atoms with Crippen LogP contribution in [-0.4, -0.2) is 52.9 Å². The first-order valence-electron chi connectivity index (χ1n) is 10.2. The number of carbonyl (C=O) groups excluding carboxylic acids is 2. The predicted octanol–water partition coefficient (Wildman–Crippen LogP) is 4.20. The lowest BCUT2D eigenvalue weighted by atomic mass is 10.1. The van der Waals surface area contributed by atoms with E-state index < -0.39 is 33.2 Å². The van der Waals surface area contributed by atoms with Gasteiger partial charge in [-0.2, -0.15) is 0 Å². The van der Waals surface area contributed by atoms with Crippen LogP contribution in [0.15, 0.2) is 47.9 Å². The van der Waals surface area contributed by atoms with Crippen molar-refractivity contribution in [2.45, 2.75) is 32.3 Å². The number of nitrogens with one attached hydrogen (secondary N) is 2. The molecule has 0 spiro atoms. The fourth-order valence-electron chi connectivity index (χ4n) is 3.22. The van der Waals surface area contributed by atoms with Gasteiger partial charge in [-0.05, 0) is 32.3 Å². The summed E-state index contributed by atoms with van der Waals surface area (Å²) < 4.78 is 10.9. The second kappa shape index (κ2) is 9.94. The molecule has 32 heavy (non-hydrogen) atoms. The minimum absolute atomic E-state index is 0.0728. The number of hydrogen-bond acceptors (Lipinski definition) is 7. The number of allylic oxidation sites excluding steroid dienone is 2. The molecule has 1 aromatic rings. The quantitative estimate of drug-likeness (QED) is 0.407. The molecule has 1 atom stereocenters. The highest BCUT2D eigenvalue weighted by molar-refractivity contribution is 14.2. The maximum Gasteiger partial charge on any atom is 0.413 e. The predicted molar refractivity (Wildman–Crippen MR) is 128 cm³/mol. The number of aliphatic imine (C=N–C) groups is 1. The Hall–Kier alpha value is -2.54. The van der Waals surface area contributed by atoms with Crippen LogP contribution in [0.5, 0.6) is 0 Å². The van der Waals surface area contributed by atoms with Crippen molar-refractivity contribution in [3.63, 3.8) is 0 Å². The topological polar surface area (TPSA) is 112 Å². The van der Waals surface area contributed by atoms with Crippen molar-refractivity contribution < 1.29 is 14.3 Å². The first kappa shape index (κ1) is 22.6. The molecule has 10 nitrogen and oxygen atoms in total. The summed E-state index contributed by atoms with van der Waals surface area (Å²) in [6, 6.07) is 3.43. The number of amides is 3. The number of urea groups is 1. The molecule has 0 saturated carbocycles. The van der Waals surface area contributed by atoms with Crippen LogP contribution in [-0.2, 0) is 4.74 Å². The molecular weight excluding hydrogens is 549 g/mol. The van der Waals surface area contributed by atoms with Gasteiger partial charge in [0.25, 0.3) is 0 Å². The average molecular weight is 572 g/mol. The number of halogens is 2. The van der Waals surface area contributed by atoms with E-state index in [4.69, 9.17) is 16.3 Å². The van der Waals surface area contributed by atoms with Gasteiger partial charge in [0.1, 0.15) is 17.1 Å². The van der Waals surface area contributed by atoms with Gasteiger partial charge in [0.2, 0.25) is 0 Å². The molecule has 0 bridgehead atoms. The van der Waals surface area contributed by atoms with E-state index >= 15 is 0 Å². The number of ether oxygens (including phenoxy) is 1. The number of alkyl carbamates (subject to hydrolysis) is 1. The van der Waals surface area contributed by atoms with Crippen LogP contribution >= 0.6 is 32.6 Å². The van der Waals surface area contributed by atoms with Crippen molar-refractivity contribution in [1.82, 2.24) is 25.5 Å². The van der Waals surface area contributed by atoms with Crippen molar-refractivity contribution in [1.29, 1.82) is 0 Å². The lowest BCUT2D eigenvalue weighted by Crippen LogP contribution is -2.47. The molecule has 1 aromatic heterocycles. The van der Waals surface area contributed by atoms with E-state index in [1.165, 1.54) is 0 Å². The third-order valence-electron chi connectivity index (χ3n) is 5.17. The number of carbonyl (C=O) groups is 2. The van der Waals surface area contributed by atoms with Gasteiger partial charge in [0.05, 0.1) is 30.3 Å². The molecule has 0 aromatic carbocycles. The monoisotopic (exact) mass is 571 g/mol. The van der Waals surface area contributed by atoms with Crippen LogP contribution in [0.1, 0.15) is 37.9 Å². The van der Waals surface area contributed by atoms with Gasteiger partial charge in [0.15, 0.2) is 0 Å². The highest BCUT2D eigenvalue weighted by atomic mass is 127. The Bertz CT molecular complexity index is 1050. The lowest BCUT2D eigenvalue weighted by molar-refractivity contribution is 0.107. The smallest absolute Gasteiger partial charge is 0.413 e. The highest BCUT2D eigenvalue weighted by Gasteiger charge is 2.27. The molecule has 1 fully saturated rings. The Balaban J connectivity index is 1.42. The van der Waals surface area contributed by atoms with Crippen molar-refractivity contribution in [2.24, 2.45) is 8.25 Å². The zero-order valence-corrected chi connectivity index (χ0v) is 20.6. The number of hydrogen-bond donors (Lipinski definition) is 2. The summed E-state index contributed by atoms with van der Waals surface area (Å²) in [6.07, 6.45) is 4.48. The number of nitrogens with zero attached hydrogens (tertiary/aromatic N) is 5. The maximum absolute atomic E-state index is 12.5. The molecule has 2 N–H and O–H groups in total. The van der Waals surface area contributed by atoms with Crippen LogP contribution in [0.2, 0.25) is 5.15 Å². The third kappa shape index (κ3) is 5.09. The maximum atomic E-state index is 12.5. The number of aromatic nitrogens is 1. The second-order valence-electron chi connectivity index (χ2n) is 7.40. The second-order valence-corrected chi connectivity index (χ2v) is 9.75. The van der Waals surface area contributed by atoms with Crippen LogP contribution in [0.25, 0.3) is 0 Å². The van der Waals surface area contributed by atoms with E-state index in [0.717, 1.165) is 34.5 Å². The number of likely N-dealkylation sites (tertiary alicyclic amines) is 1. The van der Waals surface area contributed by atoms with Crippen molar-refractivity contribution >= 4 is 50.5 Å². The lowest BCUT2D eigenvalue weighted by Gasteiger charge is -2.31. The highest BCUT2D eigenvalue weighted by Crippen LogP contribution is 2.34. The summed E-state index contributed by atoms with van der Waals surface area (Å²) >= 11 is 5.40. The molecule has 0 aliphatic carbocycles. The normalized spacial score (nSPS) is 18.8.